The minimum atomic E-state index is -0.795. The molecule has 2 N–H and O–H groups in total. The molecule has 23 heavy (non-hydrogen) atoms. The summed E-state index contributed by atoms with van der Waals surface area (Å²) >= 11 is 0. The van der Waals surface area contributed by atoms with E-state index in [2.05, 4.69) is 5.32 Å². The molecule has 0 bridgehead atoms. The van der Waals surface area contributed by atoms with Gasteiger partial charge in [-0.05, 0) is 55.5 Å². The van der Waals surface area contributed by atoms with E-state index in [0.29, 0.717) is 16.9 Å². The Balaban J connectivity index is 2.05. The number of phenolic OH excluding ortho intramolecular Hbond substituents is 1. The third-order valence-electron chi connectivity index (χ3n) is 3.29. The van der Waals surface area contributed by atoms with Gasteiger partial charge in [0.15, 0.2) is 5.78 Å². The summed E-state index contributed by atoms with van der Waals surface area (Å²) < 4.78 is 0. The van der Waals surface area contributed by atoms with Crippen LogP contribution in [0.5, 0.6) is 5.75 Å². The number of phenols is 1. The topological polar surface area (TPSA) is 86.7 Å². The number of nitrogens with zero attached hydrogens (tertiary/aromatic N) is 1. The first-order valence-electron chi connectivity index (χ1n) is 6.87. The van der Waals surface area contributed by atoms with Crippen molar-refractivity contribution in [3.63, 3.8) is 0 Å². The van der Waals surface area contributed by atoms with Crippen molar-refractivity contribution in [3.8, 4) is 5.75 Å². The summed E-state index contributed by atoms with van der Waals surface area (Å²) in [5, 5.41) is 11.7. The Morgan fingerprint density at radius 1 is 0.957 bits per heavy atom. The van der Waals surface area contributed by atoms with Gasteiger partial charge in [0, 0.05) is 24.0 Å². The molecule has 2 aromatic rings. The van der Waals surface area contributed by atoms with E-state index in [1.165, 1.54) is 43.1 Å². The summed E-state index contributed by atoms with van der Waals surface area (Å²) in [7, 11) is 1.47. The Morgan fingerprint density at radius 2 is 1.52 bits per heavy atom. The van der Waals surface area contributed by atoms with E-state index in [0.717, 1.165) is 0 Å². The lowest BCUT2D eigenvalue weighted by Crippen LogP contribution is -2.37. The summed E-state index contributed by atoms with van der Waals surface area (Å²) in [6.45, 7) is 1.45. The normalized spacial score (nSPS) is 10.0. The second-order valence-corrected chi connectivity index (χ2v) is 4.97. The van der Waals surface area contributed by atoms with E-state index in [-0.39, 0.29) is 11.5 Å². The number of carbonyl (C=O) groups excluding carboxylic acids is 3. The van der Waals surface area contributed by atoms with Crippen LogP contribution in [0, 0.1) is 0 Å². The zero-order valence-electron chi connectivity index (χ0n) is 12.7. The maximum Gasteiger partial charge on any atom is 0.316 e. The van der Waals surface area contributed by atoms with Gasteiger partial charge in [0.1, 0.15) is 5.75 Å². The minimum Gasteiger partial charge on any atom is -0.508 e. The Morgan fingerprint density at radius 3 is 2.04 bits per heavy atom. The number of hydrogen-bond acceptors (Lipinski definition) is 4. The van der Waals surface area contributed by atoms with Crippen LogP contribution in [0.3, 0.4) is 0 Å². The first kappa shape index (κ1) is 16.2. The number of aromatic hydroxyl groups is 1. The zero-order valence-corrected chi connectivity index (χ0v) is 12.7. The smallest absolute Gasteiger partial charge is 0.316 e. The number of benzene rings is 2. The first-order valence-corrected chi connectivity index (χ1v) is 6.87. The molecule has 0 aliphatic carbocycles. The Labute approximate surface area is 133 Å². The lowest BCUT2D eigenvalue weighted by molar-refractivity contribution is -0.134. The first-order chi connectivity index (χ1) is 10.9. The number of nitrogens with one attached hydrogen (secondary N) is 1. The van der Waals surface area contributed by atoms with Crippen LogP contribution in [0.15, 0.2) is 48.5 Å². The van der Waals surface area contributed by atoms with Crippen LogP contribution in [0.4, 0.5) is 11.4 Å². The molecular formula is C17H16N2O4. The number of amides is 2. The Hall–Kier alpha value is -3.15. The Bertz CT molecular complexity index is 736. The number of carbonyl (C=O) groups is 3. The van der Waals surface area contributed by atoms with Crippen molar-refractivity contribution in [1.82, 2.24) is 0 Å². The van der Waals surface area contributed by atoms with Crippen molar-refractivity contribution >= 4 is 29.0 Å². The van der Waals surface area contributed by atoms with E-state index in [4.69, 9.17) is 0 Å². The molecule has 0 saturated carbocycles. The van der Waals surface area contributed by atoms with Crippen LogP contribution in [0.1, 0.15) is 17.3 Å². The van der Waals surface area contributed by atoms with Crippen molar-refractivity contribution in [2.75, 3.05) is 17.3 Å². The van der Waals surface area contributed by atoms with Crippen molar-refractivity contribution in [2.45, 2.75) is 6.92 Å². The second kappa shape index (κ2) is 6.74. The van der Waals surface area contributed by atoms with Crippen molar-refractivity contribution in [2.24, 2.45) is 0 Å². The van der Waals surface area contributed by atoms with Crippen LogP contribution in [0.2, 0.25) is 0 Å². The molecule has 0 aliphatic rings. The molecule has 0 aromatic heterocycles. The summed E-state index contributed by atoms with van der Waals surface area (Å²) in [6.07, 6.45) is 0. The monoisotopic (exact) mass is 312 g/mol. The lowest BCUT2D eigenvalue weighted by Gasteiger charge is -2.16. The molecular weight excluding hydrogens is 296 g/mol. The van der Waals surface area contributed by atoms with Gasteiger partial charge in [-0.15, -0.1) is 0 Å². The van der Waals surface area contributed by atoms with Crippen molar-refractivity contribution in [1.29, 1.82) is 0 Å². The molecule has 0 saturated heterocycles. The highest BCUT2D eigenvalue weighted by Crippen LogP contribution is 2.17. The molecule has 0 unspecified atom stereocenters. The quantitative estimate of drug-likeness (QED) is 0.672. The van der Waals surface area contributed by atoms with Gasteiger partial charge in [-0.2, -0.15) is 0 Å². The molecule has 0 heterocycles. The van der Waals surface area contributed by atoms with Gasteiger partial charge in [-0.1, -0.05) is 0 Å². The van der Waals surface area contributed by atoms with Crippen molar-refractivity contribution in [3.05, 3.63) is 54.1 Å². The summed E-state index contributed by atoms with van der Waals surface area (Å²) in [4.78, 5) is 36.5. The fraction of sp³-hybridized carbons (Fsp3) is 0.118. The van der Waals surface area contributed by atoms with Gasteiger partial charge < -0.3 is 15.3 Å². The summed E-state index contributed by atoms with van der Waals surface area (Å²) in [5.41, 5.74) is 1.43. The summed E-state index contributed by atoms with van der Waals surface area (Å²) in [5.74, 6) is -1.54. The highest BCUT2D eigenvalue weighted by molar-refractivity contribution is 6.44. The fourth-order valence-electron chi connectivity index (χ4n) is 1.92. The van der Waals surface area contributed by atoms with Crippen LogP contribution < -0.4 is 10.2 Å². The molecule has 0 fully saturated rings. The highest BCUT2D eigenvalue weighted by atomic mass is 16.3. The number of hydrogen-bond donors (Lipinski definition) is 2. The standard InChI is InChI=1S/C17H16N2O4/c1-11(20)12-3-5-13(6-4-12)18-16(22)17(23)19(2)14-7-9-15(21)10-8-14/h3-10,21H,1-2H3,(H,18,22). The summed E-state index contributed by atoms with van der Waals surface area (Å²) in [6, 6.07) is 12.2. The average Bonchev–Trinajstić information content (AvgIpc) is 2.54. The van der Waals surface area contributed by atoms with Crippen molar-refractivity contribution < 1.29 is 19.5 Å². The van der Waals surface area contributed by atoms with Gasteiger partial charge in [0.25, 0.3) is 0 Å². The van der Waals surface area contributed by atoms with E-state index >= 15 is 0 Å². The van der Waals surface area contributed by atoms with E-state index in [9.17, 15) is 19.5 Å². The number of rotatable bonds is 3. The third kappa shape index (κ3) is 3.94. The molecule has 118 valence electrons. The molecule has 0 spiro atoms. The van der Waals surface area contributed by atoms with E-state index in [1.807, 2.05) is 0 Å². The average molecular weight is 312 g/mol. The molecule has 6 nitrogen and oxygen atoms in total. The molecule has 2 aromatic carbocycles. The zero-order chi connectivity index (χ0) is 17.0. The number of likely N-dealkylation sites (N-methyl/N-ethyl adjacent to an activating group) is 1. The SMILES string of the molecule is CC(=O)c1ccc(NC(=O)C(=O)N(C)c2ccc(O)cc2)cc1. The molecule has 6 heteroatoms. The van der Waals surface area contributed by atoms with Gasteiger partial charge in [0.05, 0.1) is 0 Å². The van der Waals surface area contributed by atoms with Gasteiger partial charge in [-0.25, -0.2) is 0 Å². The van der Waals surface area contributed by atoms with Gasteiger partial charge >= 0.3 is 11.8 Å². The molecule has 0 atom stereocenters. The lowest BCUT2D eigenvalue weighted by atomic mass is 10.1. The molecule has 0 radical (unpaired) electrons. The minimum absolute atomic E-state index is 0.0737. The molecule has 0 aliphatic heterocycles. The third-order valence-corrected chi connectivity index (χ3v) is 3.29. The molecule has 2 rings (SSSR count). The predicted octanol–water partition coefficient (Wildman–Crippen LogP) is 2.20. The van der Waals surface area contributed by atoms with Crippen LogP contribution in [-0.2, 0) is 9.59 Å². The van der Waals surface area contributed by atoms with Crippen LogP contribution in [0.25, 0.3) is 0 Å². The van der Waals surface area contributed by atoms with Crippen LogP contribution >= 0.6 is 0 Å². The number of Topliss-reactive ketones (excluding diaryl/α,β-unsaturated/α-hetero) is 1. The number of anilines is 2. The Kier molecular flexibility index (Phi) is 4.75. The molecule has 2 amide bonds. The van der Waals surface area contributed by atoms with Crippen LogP contribution in [-0.4, -0.2) is 29.8 Å². The highest BCUT2D eigenvalue weighted by Gasteiger charge is 2.20. The van der Waals surface area contributed by atoms with Gasteiger partial charge in [-0.3, -0.25) is 14.4 Å². The largest absolute Gasteiger partial charge is 0.508 e. The second-order valence-electron chi connectivity index (χ2n) is 4.97. The maximum absolute atomic E-state index is 12.1. The number of ketones is 1. The van der Waals surface area contributed by atoms with E-state index in [1.54, 1.807) is 24.3 Å². The predicted molar refractivity (Wildman–Crippen MR) is 86.6 cm³/mol. The maximum atomic E-state index is 12.1. The van der Waals surface area contributed by atoms with Gasteiger partial charge in [0.2, 0.25) is 0 Å². The van der Waals surface area contributed by atoms with E-state index < -0.39 is 11.8 Å². The fourth-order valence-corrected chi connectivity index (χ4v) is 1.92.